The standard InChI is InChI=1S/C28H28BrN8O3P/c1-41(2)25-21(5-4-20-24(25)31-10-9-30-20)34-26-19(29)16-32-27(35-26)33-17-3-6-22(23(13-17)37(39)40)36-11-7-28(8-12-36)14-18(38)15-28/h3-6,9-10,13,16H,7-8,11-12,14-15H2,1-2H3,(H2,32,33,34,35). The van der Waals surface area contributed by atoms with Gasteiger partial charge in [-0.25, -0.2) is 4.98 Å². The van der Waals surface area contributed by atoms with Crippen LogP contribution in [0.2, 0.25) is 0 Å². The molecule has 0 bridgehead atoms. The van der Waals surface area contributed by atoms with Crippen molar-refractivity contribution in [2.24, 2.45) is 5.41 Å². The summed E-state index contributed by atoms with van der Waals surface area (Å²) >= 11 is 3.54. The third-order valence-corrected chi connectivity index (χ3v) is 9.72. The Hall–Kier alpha value is -3.76. The van der Waals surface area contributed by atoms with Gasteiger partial charge < -0.3 is 15.5 Å². The average molecular weight is 635 g/mol. The number of halogens is 1. The summed E-state index contributed by atoms with van der Waals surface area (Å²) < 4.78 is 0.669. The molecule has 3 heterocycles. The van der Waals surface area contributed by atoms with Crippen LogP contribution in [0.1, 0.15) is 25.7 Å². The van der Waals surface area contributed by atoms with Crippen molar-refractivity contribution in [2.45, 2.75) is 25.7 Å². The molecule has 2 aromatic heterocycles. The van der Waals surface area contributed by atoms with Crippen LogP contribution in [0.25, 0.3) is 11.0 Å². The number of carbonyl (C=O) groups is 1. The molecule has 0 radical (unpaired) electrons. The third-order valence-electron chi connectivity index (χ3n) is 7.80. The lowest BCUT2D eigenvalue weighted by Gasteiger charge is -2.47. The summed E-state index contributed by atoms with van der Waals surface area (Å²) in [5.41, 5.74) is 3.80. The average Bonchev–Trinajstić information content (AvgIpc) is 2.94. The predicted octanol–water partition coefficient (Wildman–Crippen LogP) is 5.89. The second-order valence-corrected chi connectivity index (χ2v) is 13.9. The second-order valence-electron chi connectivity index (χ2n) is 10.8. The van der Waals surface area contributed by atoms with E-state index in [2.05, 4.69) is 64.7 Å². The maximum Gasteiger partial charge on any atom is 0.294 e. The quantitative estimate of drug-likeness (QED) is 0.144. The van der Waals surface area contributed by atoms with Gasteiger partial charge in [0.05, 0.1) is 20.4 Å². The Morgan fingerprint density at radius 2 is 1.80 bits per heavy atom. The zero-order valence-electron chi connectivity index (χ0n) is 22.6. The number of fused-ring (bicyclic) bond motifs is 1. The van der Waals surface area contributed by atoms with E-state index in [1.54, 1.807) is 30.7 Å². The van der Waals surface area contributed by atoms with Crippen LogP contribution in [0, 0.1) is 15.5 Å². The summed E-state index contributed by atoms with van der Waals surface area (Å²) in [6.45, 7) is 5.73. The summed E-state index contributed by atoms with van der Waals surface area (Å²) in [7, 11) is -0.516. The van der Waals surface area contributed by atoms with E-state index < -0.39 is 7.92 Å². The van der Waals surface area contributed by atoms with Crippen molar-refractivity contribution in [3.8, 4) is 0 Å². The van der Waals surface area contributed by atoms with E-state index in [-0.39, 0.29) is 16.0 Å². The Balaban J connectivity index is 1.23. The number of hydrogen-bond acceptors (Lipinski definition) is 10. The molecule has 1 saturated heterocycles. The molecule has 0 unspecified atom stereocenters. The first-order chi connectivity index (χ1) is 19.7. The first-order valence-electron chi connectivity index (χ1n) is 13.2. The molecule has 0 amide bonds. The molecule has 2 aromatic carbocycles. The minimum absolute atomic E-state index is 0.0206. The number of ketones is 1. The molecule has 2 N–H and O–H groups in total. The van der Waals surface area contributed by atoms with E-state index in [9.17, 15) is 14.9 Å². The van der Waals surface area contributed by atoms with Crippen molar-refractivity contribution in [3.63, 3.8) is 0 Å². The van der Waals surface area contributed by atoms with Crippen molar-refractivity contribution < 1.29 is 9.72 Å². The monoisotopic (exact) mass is 634 g/mol. The summed E-state index contributed by atoms with van der Waals surface area (Å²) in [6, 6.07) is 9.00. The Morgan fingerprint density at radius 1 is 1.05 bits per heavy atom. The lowest BCUT2D eigenvalue weighted by molar-refractivity contribution is -0.384. The highest BCUT2D eigenvalue weighted by molar-refractivity contribution is 9.10. The van der Waals surface area contributed by atoms with E-state index in [0.717, 1.165) is 34.9 Å². The SMILES string of the molecule is CP(C)c1c(Nc2nc(Nc3ccc(N4CCC5(CC4)CC(=O)C5)c([N+](=O)[O-])c3)ncc2Br)ccc2nccnc12. The molecule has 2 aliphatic rings. The fourth-order valence-electron chi connectivity index (χ4n) is 5.72. The number of nitro groups is 1. The summed E-state index contributed by atoms with van der Waals surface area (Å²) in [6.07, 6.45) is 8.05. The van der Waals surface area contributed by atoms with E-state index >= 15 is 0 Å². The molecule has 4 aromatic rings. The van der Waals surface area contributed by atoms with Gasteiger partial charge in [0.25, 0.3) is 5.69 Å². The maximum atomic E-state index is 12.0. The molecule has 1 aliphatic carbocycles. The number of hydrogen-bond donors (Lipinski definition) is 2. The van der Waals surface area contributed by atoms with Crippen molar-refractivity contribution >= 4 is 80.5 Å². The fourth-order valence-corrected chi connectivity index (χ4v) is 7.22. The minimum Gasteiger partial charge on any atom is -0.366 e. The summed E-state index contributed by atoms with van der Waals surface area (Å²) in [5, 5.41) is 19.7. The van der Waals surface area contributed by atoms with Crippen LogP contribution < -0.4 is 20.8 Å². The molecule has 2 fully saturated rings. The molecular formula is C28H28BrN8O3P. The van der Waals surface area contributed by atoms with Gasteiger partial charge in [0.2, 0.25) is 5.95 Å². The van der Waals surface area contributed by atoms with Gasteiger partial charge >= 0.3 is 0 Å². The van der Waals surface area contributed by atoms with Gasteiger partial charge in [-0.1, -0.05) is 7.92 Å². The minimum atomic E-state index is -0.516. The highest BCUT2D eigenvalue weighted by Gasteiger charge is 2.45. The molecular weight excluding hydrogens is 607 g/mol. The van der Waals surface area contributed by atoms with Crippen molar-refractivity contribution in [1.82, 2.24) is 19.9 Å². The van der Waals surface area contributed by atoms with Crippen LogP contribution >= 0.6 is 23.9 Å². The van der Waals surface area contributed by atoms with Gasteiger partial charge in [-0.05, 0) is 71.8 Å². The number of piperidine rings is 1. The van der Waals surface area contributed by atoms with Gasteiger partial charge in [0, 0.05) is 67.3 Å². The molecule has 13 heteroatoms. The van der Waals surface area contributed by atoms with Gasteiger partial charge in [0.1, 0.15) is 17.3 Å². The van der Waals surface area contributed by atoms with Gasteiger partial charge in [0.15, 0.2) is 0 Å². The van der Waals surface area contributed by atoms with Crippen LogP contribution in [0.4, 0.5) is 34.5 Å². The largest absolute Gasteiger partial charge is 0.366 e. The normalized spacial score (nSPS) is 16.2. The Kier molecular flexibility index (Phi) is 7.29. The maximum absolute atomic E-state index is 12.0. The fraction of sp³-hybridized carbons (Fsp3) is 0.321. The first-order valence-corrected chi connectivity index (χ1v) is 16.3. The van der Waals surface area contributed by atoms with Crippen LogP contribution in [0.15, 0.2) is 53.4 Å². The van der Waals surface area contributed by atoms with E-state index in [1.165, 1.54) is 6.07 Å². The number of benzene rings is 2. The van der Waals surface area contributed by atoms with E-state index in [4.69, 9.17) is 0 Å². The topological polar surface area (TPSA) is 139 Å². The molecule has 11 nitrogen and oxygen atoms in total. The van der Waals surface area contributed by atoms with Crippen molar-refractivity contribution in [1.29, 1.82) is 0 Å². The lowest BCUT2D eigenvalue weighted by Crippen LogP contribution is -2.47. The number of nitrogens with zero attached hydrogens (tertiary/aromatic N) is 6. The number of aromatic nitrogens is 4. The van der Waals surface area contributed by atoms with Gasteiger partial charge in [-0.2, -0.15) is 4.98 Å². The lowest BCUT2D eigenvalue weighted by atomic mass is 9.62. The summed E-state index contributed by atoms with van der Waals surface area (Å²) in [4.78, 5) is 43.3. The number of Topliss-reactive ketones (excluding diaryl/α,β-unsaturated/α-hetero) is 1. The van der Waals surface area contributed by atoms with Crippen LogP contribution in [-0.2, 0) is 4.79 Å². The molecule has 210 valence electrons. The second kappa shape index (κ2) is 10.9. The molecule has 41 heavy (non-hydrogen) atoms. The Bertz CT molecular complexity index is 1670. The van der Waals surface area contributed by atoms with Crippen LogP contribution in [0.5, 0.6) is 0 Å². The number of carbonyl (C=O) groups excluding carboxylic acids is 1. The summed E-state index contributed by atoms with van der Waals surface area (Å²) in [5.74, 6) is 1.16. The Morgan fingerprint density at radius 3 is 2.51 bits per heavy atom. The highest BCUT2D eigenvalue weighted by atomic mass is 79.9. The third kappa shape index (κ3) is 5.46. The van der Waals surface area contributed by atoms with Gasteiger partial charge in [-0.15, -0.1) is 0 Å². The Labute approximate surface area is 246 Å². The number of nitro benzene ring substituents is 1. The molecule has 6 rings (SSSR count). The van der Waals surface area contributed by atoms with E-state index in [1.807, 2.05) is 12.1 Å². The number of anilines is 5. The highest BCUT2D eigenvalue weighted by Crippen LogP contribution is 2.48. The molecule has 1 aliphatic heterocycles. The van der Waals surface area contributed by atoms with Crippen LogP contribution in [0.3, 0.4) is 0 Å². The zero-order valence-corrected chi connectivity index (χ0v) is 25.1. The van der Waals surface area contributed by atoms with Crippen LogP contribution in [-0.4, -0.2) is 57.1 Å². The predicted molar refractivity (Wildman–Crippen MR) is 165 cm³/mol. The molecule has 1 saturated carbocycles. The number of rotatable bonds is 7. The molecule has 1 spiro atoms. The van der Waals surface area contributed by atoms with Crippen molar-refractivity contribution in [2.75, 3.05) is 42.0 Å². The van der Waals surface area contributed by atoms with E-state index in [0.29, 0.717) is 59.3 Å². The first kappa shape index (κ1) is 27.4. The number of nitrogens with one attached hydrogen (secondary N) is 2. The zero-order chi connectivity index (χ0) is 28.7. The smallest absolute Gasteiger partial charge is 0.294 e. The van der Waals surface area contributed by atoms with Gasteiger partial charge in [-0.3, -0.25) is 24.9 Å². The van der Waals surface area contributed by atoms with Crippen molar-refractivity contribution in [3.05, 3.63) is 63.5 Å². The molecule has 0 atom stereocenters.